The number of halogens is 3. The molecule has 0 bridgehead atoms. The minimum absolute atomic E-state index is 0.472. The average molecular weight is 438 g/mol. The minimum atomic E-state index is -4.40. The summed E-state index contributed by atoms with van der Waals surface area (Å²) in [5.41, 5.74) is 10.1. The molecule has 1 saturated heterocycles. The molecule has 5 rings (SSSR count). The molecule has 1 aliphatic rings. The van der Waals surface area contributed by atoms with E-state index in [1.807, 2.05) is 22.9 Å². The van der Waals surface area contributed by atoms with Crippen molar-refractivity contribution in [3.63, 3.8) is 0 Å². The summed E-state index contributed by atoms with van der Waals surface area (Å²) in [7, 11) is 0. The topological polar surface area (TPSA) is 66.8 Å². The van der Waals surface area contributed by atoms with Gasteiger partial charge in [-0.3, -0.25) is 4.98 Å². The molecule has 0 radical (unpaired) electrons. The number of benzene rings is 2. The molecule has 0 saturated carbocycles. The molecule has 6 nitrogen and oxygen atoms in total. The van der Waals surface area contributed by atoms with Crippen molar-refractivity contribution in [2.75, 3.05) is 0 Å². The van der Waals surface area contributed by atoms with E-state index in [9.17, 15) is 13.2 Å². The van der Waals surface area contributed by atoms with Gasteiger partial charge < -0.3 is 4.57 Å². The van der Waals surface area contributed by atoms with E-state index in [-0.39, 0.29) is 0 Å². The van der Waals surface area contributed by atoms with E-state index in [2.05, 4.69) is 56.7 Å². The third kappa shape index (κ3) is 4.10. The van der Waals surface area contributed by atoms with Crippen LogP contribution in [-0.2, 0) is 13.0 Å². The van der Waals surface area contributed by atoms with Gasteiger partial charge in [0.2, 0.25) is 0 Å². The number of alkyl halides is 3. The Morgan fingerprint density at radius 1 is 0.938 bits per heavy atom. The van der Waals surface area contributed by atoms with Gasteiger partial charge in [0.1, 0.15) is 11.7 Å². The number of fused-ring (bicyclic) bond motifs is 1. The number of nitrogens with one attached hydrogen (secondary N) is 3. The zero-order valence-electron chi connectivity index (χ0n) is 17.0. The average Bonchev–Trinajstić information content (AvgIpc) is 3.48. The van der Waals surface area contributed by atoms with Crippen LogP contribution >= 0.6 is 0 Å². The van der Waals surface area contributed by atoms with E-state index in [1.54, 1.807) is 18.5 Å². The molecule has 3 N–H and O–H groups in total. The molecule has 0 spiro atoms. The van der Waals surface area contributed by atoms with E-state index in [4.69, 9.17) is 0 Å². The molecular weight excluding hydrogens is 417 g/mol. The summed E-state index contributed by atoms with van der Waals surface area (Å²) < 4.78 is 41.8. The van der Waals surface area contributed by atoms with Gasteiger partial charge in [-0.1, -0.05) is 42.5 Å². The summed E-state index contributed by atoms with van der Waals surface area (Å²) in [5, 5.41) is 2.44. The molecule has 2 aromatic heterocycles. The summed E-state index contributed by atoms with van der Waals surface area (Å²) >= 11 is 0. The fourth-order valence-electron chi connectivity index (χ4n) is 4.07. The van der Waals surface area contributed by atoms with Gasteiger partial charge in [-0.15, -0.1) is 0 Å². The Kier molecular flexibility index (Phi) is 5.38. The number of pyridine rings is 1. The van der Waals surface area contributed by atoms with Crippen molar-refractivity contribution < 1.29 is 13.2 Å². The summed E-state index contributed by atoms with van der Waals surface area (Å²) in [5.74, 6) is 0. The van der Waals surface area contributed by atoms with Crippen LogP contribution in [0.25, 0.3) is 22.2 Å². The summed E-state index contributed by atoms with van der Waals surface area (Å²) in [4.78, 5) is 8.74. The van der Waals surface area contributed by atoms with Crippen LogP contribution in [0.1, 0.15) is 17.2 Å². The number of hydrogen-bond donors (Lipinski definition) is 3. The third-order valence-corrected chi connectivity index (χ3v) is 5.70. The van der Waals surface area contributed by atoms with E-state index >= 15 is 0 Å². The molecule has 2 atom stereocenters. The molecule has 164 valence electrons. The molecular formula is C23H21F3N6. The van der Waals surface area contributed by atoms with Gasteiger partial charge in [0.25, 0.3) is 0 Å². The van der Waals surface area contributed by atoms with Crippen molar-refractivity contribution >= 4 is 10.8 Å². The Bertz CT molecular complexity index is 1230. The maximum Gasteiger partial charge on any atom is 0.407 e. The SMILES string of the molecule is FC(F)(F)C1NNNC1c1ccnc(-c2cn(CCc3cccc4ccccc34)cn2)c1. The normalized spacial score (nSPS) is 19.0. The highest BCUT2D eigenvalue weighted by atomic mass is 19.4. The van der Waals surface area contributed by atoms with Crippen LogP contribution in [0, 0.1) is 0 Å². The van der Waals surface area contributed by atoms with Crippen LogP contribution in [0.4, 0.5) is 13.2 Å². The Morgan fingerprint density at radius 2 is 1.78 bits per heavy atom. The zero-order chi connectivity index (χ0) is 22.1. The van der Waals surface area contributed by atoms with Gasteiger partial charge >= 0.3 is 6.18 Å². The van der Waals surface area contributed by atoms with Gasteiger partial charge in [-0.25, -0.2) is 15.8 Å². The van der Waals surface area contributed by atoms with Gasteiger partial charge in [0.15, 0.2) is 0 Å². The molecule has 4 aromatic rings. The fraction of sp³-hybridized carbons (Fsp3) is 0.217. The minimum Gasteiger partial charge on any atom is -0.336 e. The van der Waals surface area contributed by atoms with Crippen molar-refractivity contribution in [1.82, 2.24) is 30.9 Å². The van der Waals surface area contributed by atoms with Crippen molar-refractivity contribution in [2.24, 2.45) is 0 Å². The highest BCUT2D eigenvalue weighted by Gasteiger charge is 2.48. The smallest absolute Gasteiger partial charge is 0.336 e. The Hall–Kier alpha value is -3.27. The lowest BCUT2D eigenvalue weighted by atomic mass is 10.0. The van der Waals surface area contributed by atoms with Crippen LogP contribution in [0.3, 0.4) is 0 Å². The molecule has 3 heterocycles. The summed E-state index contributed by atoms with van der Waals surface area (Å²) in [6, 6.07) is 15.1. The number of hydrazine groups is 2. The van der Waals surface area contributed by atoms with Crippen molar-refractivity contribution in [2.45, 2.75) is 31.2 Å². The highest BCUT2D eigenvalue weighted by Crippen LogP contribution is 2.32. The molecule has 9 heteroatoms. The summed E-state index contributed by atoms with van der Waals surface area (Å²) in [6.07, 6.45) is 1.55. The maximum atomic E-state index is 13.3. The van der Waals surface area contributed by atoms with Crippen LogP contribution in [-0.4, -0.2) is 26.8 Å². The maximum absolute atomic E-state index is 13.3. The Balaban J connectivity index is 1.33. The second-order valence-corrected chi connectivity index (χ2v) is 7.77. The van der Waals surface area contributed by atoms with Crippen LogP contribution in [0.2, 0.25) is 0 Å². The van der Waals surface area contributed by atoms with E-state index < -0.39 is 18.3 Å². The predicted molar refractivity (Wildman–Crippen MR) is 115 cm³/mol. The Labute approximate surface area is 182 Å². The number of nitrogens with zero attached hydrogens (tertiary/aromatic N) is 3. The summed E-state index contributed by atoms with van der Waals surface area (Å²) in [6.45, 7) is 0.731. The zero-order valence-corrected chi connectivity index (χ0v) is 17.0. The van der Waals surface area contributed by atoms with Crippen LogP contribution < -0.4 is 16.4 Å². The number of hydrogen-bond acceptors (Lipinski definition) is 5. The standard InChI is InChI=1S/C23H21F3N6/c24-23(25,26)22-21(29-31-30-22)17-8-10-27-19(12-17)20-13-32(14-28-20)11-9-16-6-3-5-15-4-1-2-7-18(15)16/h1-8,10,12-14,21-22,29-31H,9,11H2. The largest absolute Gasteiger partial charge is 0.407 e. The molecule has 2 aromatic carbocycles. The third-order valence-electron chi connectivity index (χ3n) is 5.70. The second kappa shape index (κ2) is 8.34. The lowest BCUT2D eigenvalue weighted by molar-refractivity contribution is -0.156. The highest BCUT2D eigenvalue weighted by molar-refractivity contribution is 5.85. The van der Waals surface area contributed by atoms with Crippen molar-refractivity contribution in [1.29, 1.82) is 0 Å². The molecule has 2 unspecified atom stereocenters. The van der Waals surface area contributed by atoms with Gasteiger partial charge in [0, 0.05) is 18.9 Å². The number of rotatable bonds is 5. The van der Waals surface area contributed by atoms with Crippen molar-refractivity contribution in [3.05, 3.63) is 84.4 Å². The lowest BCUT2D eigenvalue weighted by Gasteiger charge is -2.21. The van der Waals surface area contributed by atoms with Crippen LogP contribution in [0.5, 0.6) is 0 Å². The molecule has 1 aliphatic heterocycles. The lowest BCUT2D eigenvalue weighted by Crippen LogP contribution is -2.43. The van der Waals surface area contributed by atoms with Crippen molar-refractivity contribution in [3.8, 4) is 11.4 Å². The van der Waals surface area contributed by atoms with E-state index in [0.29, 0.717) is 17.0 Å². The first kappa shape index (κ1) is 20.6. The fourth-order valence-corrected chi connectivity index (χ4v) is 4.07. The monoisotopic (exact) mass is 438 g/mol. The van der Waals surface area contributed by atoms with Gasteiger partial charge in [-0.05, 0) is 40.5 Å². The molecule has 32 heavy (non-hydrogen) atoms. The Morgan fingerprint density at radius 3 is 2.66 bits per heavy atom. The number of aromatic nitrogens is 3. The molecule has 0 amide bonds. The first-order valence-corrected chi connectivity index (χ1v) is 10.3. The quantitative estimate of drug-likeness (QED) is 0.441. The number of imidazole rings is 1. The predicted octanol–water partition coefficient (Wildman–Crippen LogP) is 3.93. The molecule has 1 fully saturated rings. The van der Waals surface area contributed by atoms with Crippen LogP contribution in [0.15, 0.2) is 73.3 Å². The number of aryl methyl sites for hydroxylation is 2. The molecule has 0 aliphatic carbocycles. The van der Waals surface area contributed by atoms with E-state index in [0.717, 1.165) is 13.0 Å². The van der Waals surface area contributed by atoms with Gasteiger partial charge in [0.05, 0.1) is 18.1 Å². The second-order valence-electron chi connectivity index (χ2n) is 7.77. The first-order chi connectivity index (χ1) is 15.5. The first-order valence-electron chi connectivity index (χ1n) is 10.3. The van der Waals surface area contributed by atoms with E-state index in [1.165, 1.54) is 22.5 Å². The van der Waals surface area contributed by atoms with Gasteiger partial charge in [-0.2, -0.15) is 18.7 Å².